The maximum Gasteiger partial charge on any atom is 0.519 e. The summed E-state index contributed by atoms with van der Waals surface area (Å²) in [7, 11) is -10.7. The largest absolute Gasteiger partial charge is 0.519 e. The molecule has 2 atom stereocenters. The number of sulfonamides is 1. The van der Waals surface area contributed by atoms with E-state index in [0.29, 0.717) is 0 Å². The number of alkyl halides is 3. The molecule has 21 heavy (non-hydrogen) atoms. The summed E-state index contributed by atoms with van der Waals surface area (Å²) in [5, 5.41) is 0. The Morgan fingerprint density at radius 2 is 1.67 bits per heavy atom. The Hall–Kier alpha value is -1.13. The molecule has 0 bridgehead atoms. The van der Waals surface area contributed by atoms with Crippen molar-refractivity contribution in [3.63, 3.8) is 0 Å². The van der Waals surface area contributed by atoms with Crippen LogP contribution in [0, 0.1) is 0 Å². The molecule has 1 N–H and O–H groups in total. The molecule has 0 aromatic heterocycles. The Bertz CT molecular complexity index is 717. The van der Waals surface area contributed by atoms with Gasteiger partial charge in [0.2, 0.25) is 10.0 Å². The minimum absolute atomic E-state index is 0.157. The predicted molar refractivity (Wildman–Crippen MR) is 71.6 cm³/mol. The average molecular weight is 345 g/mol. The molecular weight excluding hydrogens is 331 g/mol. The molecule has 5 nitrogen and oxygen atoms in total. The van der Waals surface area contributed by atoms with E-state index in [0.717, 1.165) is 24.1 Å². The summed E-state index contributed by atoms with van der Waals surface area (Å²) in [5.41, 5.74) is -4.90. The van der Waals surface area contributed by atoms with Crippen LogP contribution in [0.25, 0.3) is 0 Å². The summed E-state index contributed by atoms with van der Waals surface area (Å²) < 4.78 is 81.5. The van der Waals surface area contributed by atoms with Crippen molar-refractivity contribution in [1.29, 1.82) is 0 Å². The van der Waals surface area contributed by atoms with Crippen molar-refractivity contribution in [3.8, 4) is 0 Å². The van der Waals surface area contributed by atoms with Gasteiger partial charge in [0.15, 0.2) is 0 Å². The minimum atomic E-state index is -6.04. The Balaban J connectivity index is 3.30. The Kier molecular flexibility index (Phi) is 5.06. The van der Waals surface area contributed by atoms with E-state index in [2.05, 4.69) is 3.77 Å². The maximum absolute atomic E-state index is 12.2. The van der Waals surface area contributed by atoms with Crippen molar-refractivity contribution in [2.24, 2.45) is 3.77 Å². The number of nitrogens with zero attached hydrogens (tertiary/aromatic N) is 1. The van der Waals surface area contributed by atoms with E-state index in [1.165, 1.54) is 12.1 Å². The summed E-state index contributed by atoms with van der Waals surface area (Å²) in [6.07, 6.45) is 0.806. The molecule has 0 radical (unpaired) electrons. The van der Waals surface area contributed by atoms with E-state index in [4.69, 9.17) is 0 Å². The third-order valence-corrected chi connectivity index (χ3v) is 5.92. The first-order chi connectivity index (χ1) is 9.40. The first kappa shape index (κ1) is 17.9. The second kappa shape index (κ2) is 5.93. The summed E-state index contributed by atoms with van der Waals surface area (Å²) in [5.74, 6) is 0.157. The fourth-order valence-corrected chi connectivity index (χ4v) is 3.66. The number of hydrogen-bond donors (Lipinski definition) is 1. The van der Waals surface area contributed by atoms with Gasteiger partial charge in [0, 0.05) is 0 Å². The van der Waals surface area contributed by atoms with Gasteiger partial charge in [0.05, 0.1) is 4.90 Å². The van der Waals surface area contributed by atoms with Gasteiger partial charge in [0.1, 0.15) is 0 Å². The standard InChI is InChI=1S/C11H14F3NO4S2/c1-3-8(2)9-4-6-10(7-5-9)20(16,17)15-21(18,19)11(12,13)14/h4-8H,3H2,1-2H3,(H,15,16,17). The third kappa shape index (κ3) is 4.17. The van der Waals surface area contributed by atoms with Gasteiger partial charge in [-0.2, -0.15) is 21.6 Å². The Morgan fingerprint density at radius 3 is 2.05 bits per heavy atom. The highest BCUT2D eigenvalue weighted by molar-refractivity contribution is 8.01. The Morgan fingerprint density at radius 1 is 1.19 bits per heavy atom. The molecule has 0 heterocycles. The van der Waals surface area contributed by atoms with E-state index in [1.807, 2.05) is 13.8 Å². The van der Waals surface area contributed by atoms with E-state index in [1.54, 1.807) is 0 Å². The molecule has 1 rings (SSSR count). The molecule has 2 unspecified atom stereocenters. The van der Waals surface area contributed by atoms with Gasteiger partial charge in [-0.3, -0.25) is 4.55 Å². The summed E-state index contributed by atoms with van der Waals surface area (Å²) >= 11 is 0. The highest BCUT2D eigenvalue weighted by Crippen LogP contribution is 2.27. The van der Waals surface area contributed by atoms with E-state index < -0.39 is 30.4 Å². The smallest absolute Gasteiger partial charge is 0.296 e. The molecule has 0 saturated carbocycles. The summed E-state index contributed by atoms with van der Waals surface area (Å²) in [4.78, 5) is -0.498. The Labute approximate surface area is 121 Å². The van der Waals surface area contributed by atoms with Gasteiger partial charge in [-0.15, -0.1) is 0 Å². The van der Waals surface area contributed by atoms with Crippen molar-refractivity contribution in [2.75, 3.05) is 0 Å². The quantitative estimate of drug-likeness (QED) is 0.907. The van der Waals surface area contributed by atoms with Gasteiger partial charge in [-0.05, 0) is 30.0 Å². The maximum atomic E-state index is 12.2. The van der Waals surface area contributed by atoms with Crippen LogP contribution in [0.15, 0.2) is 32.9 Å². The van der Waals surface area contributed by atoms with E-state index in [9.17, 15) is 30.4 Å². The van der Waals surface area contributed by atoms with Crippen LogP contribution < -0.4 is 0 Å². The molecule has 0 saturated heterocycles. The molecule has 120 valence electrons. The normalized spacial score (nSPS) is 17.0. The highest BCUT2D eigenvalue weighted by atomic mass is 32.3. The zero-order valence-corrected chi connectivity index (χ0v) is 12.8. The lowest BCUT2D eigenvalue weighted by molar-refractivity contribution is -0.0435. The molecule has 10 heteroatoms. The van der Waals surface area contributed by atoms with Crippen molar-refractivity contribution < 1.29 is 30.4 Å². The monoisotopic (exact) mass is 345 g/mol. The molecular formula is C11H14F3NO4S2. The second-order valence-corrected chi connectivity index (χ2v) is 7.84. The number of hydrogen-bond acceptors (Lipinski definition) is 3. The first-order valence-corrected chi connectivity index (χ1v) is 8.74. The third-order valence-electron chi connectivity index (χ3n) is 2.86. The molecule has 0 amide bonds. The van der Waals surface area contributed by atoms with Crippen LogP contribution in [0.2, 0.25) is 0 Å². The predicted octanol–water partition coefficient (Wildman–Crippen LogP) is 3.35. The second-order valence-electron chi connectivity index (χ2n) is 4.37. The van der Waals surface area contributed by atoms with E-state index in [-0.39, 0.29) is 5.92 Å². The summed E-state index contributed by atoms with van der Waals surface area (Å²) in [6.45, 7) is 3.84. The topological polar surface area (TPSA) is 83.8 Å². The van der Waals surface area contributed by atoms with Gasteiger partial charge in [0.25, 0.3) is 0 Å². The van der Waals surface area contributed by atoms with Crippen LogP contribution in [0.4, 0.5) is 13.2 Å². The number of benzene rings is 1. The lowest BCUT2D eigenvalue weighted by Gasteiger charge is -2.10. The van der Waals surface area contributed by atoms with Crippen molar-refractivity contribution in [2.45, 2.75) is 36.6 Å². The average Bonchev–Trinajstić information content (AvgIpc) is 2.35. The first-order valence-electron chi connectivity index (χ1n) is 5.83. The zero-order chi connectivity index (χ0) is 16.5. The van der Waals surface area contributed by atoms with Crippen LogP contribution >= 0.6 is 0 Å². The van der Waals surface area contributed by atoms with Gasteiger partial charge < -0.3 is 0 Å². The molecule has 0 fully saturated rings. The van der Waals surface area contributed by atoms with Crippen molar-refractivity contribution in [3.05, 3.63) is 29.8 Å². The summed E-state index contributed by atoms with van der Waals surface area (Å²) in [6, 6.07) is 5.10. The number of rotatable bonds is 4. The molecule has 1 aromatic rings. The number of halogens is 3. The minimum Gasteiger partial charge on any atom is -0.296 e. The lowest BCUT2D eigenvalue weighted by atomic mass is 9.99. The van der Waals surface area contributed by atoms with Gasteiger partial charge >= 0.3 is 15.5 Å². The van der Waals surface area contributed by atoms with Crippen molar-refractivity contribution in [1.82, 2.24) is 0 Å². The van der Waals surface area contributed by atoms with Gasteiger partial charge in [-0.25, -0.2) is 4.21 Å². The van der Waals surface area contributed by atoms with Crippen LogP contribution in [0.5, 0.6) is 0 Å². The molecule has 0 aliphatic rings. The lowest BCUT2D eigenvalue weighted by Crippen LogP contribution is -2.22. The van der Waals surface area contributed by atoms with Crippen molar-refractivity contribution >= 4 is 20.0 Å². The van der Waals surface area contributed by atoms with E-state index >= 15 is 0 Å². The van der Waals surface area contributed by atoms with Crippen LogP contribution in [-0.2, 0) is 20.0 Å². The highest BCUT2D eigenvalue weighted by Gasteiger charge is 2.47. The van der Waals surface area contributed by atoms with Crippen LogP contribution in [0.1, 0.15) is 31.7 Å². The molecule has 0 aliphatic carbocycles. The molecule has 0 spiro atoms. The van der Waals surface area contributed by atoms with Gasteiger partial charge in [-0.1, -0.05) is 29.7 Å². The molecule has 0 aliphatic heterocycles. The van der Waals surface area contributed by atoms with Crippen LogP contribution in [0.3, 0.4) is 0 Å². The fourth-order valence-electron chi connectivity index (χ4n) is 1.43. The van der Waals surface area contributed by atoms with Crippen LogP contribution in [-0.4, -0.2) is 22.7 Å². The SMILES string of the molecule is CCC(C)c1ccc(S(=O)(O)=NS(=O)(=O)C(F)(F)F)cc1. The zero-order valence-electron chi connectivity index (χ0n) is 11.2. The molecule has 1 aromatic carbocycles. The fraction of sp³-hybridized carbons (Fsp3) is 0.455.